The molecule has 3 saturated carbocycles. The first-order chi connectivity index (χ1) is 12.3. The molecule has 0 bridgehead atoms. The van der Waals surface area contributed by atoms with Crippen LogP contribution in [0.1, 0.15) is 44.9 Å². The van der Waals surface area contributed by atoms with E-state index in [0.717, 1.165) is 31.8 Å². The van der Waals surface area contributed by atoms with Crippen molar-refractivity contribution in [1.29, 1.82) is 0 Å². The molecule has 3 saturated heterocycles. The summed E-state index contributed by atoms with van der Waals surface area (Å²) in [6.07, 6.45) is 9.01. The van der Waals surface area contributed by atoms with Crippen LogP contribution in [0.2, 0.25) is 0 Å². The van der Waals surface area contributed by atoms with Gasteiger partial charge in [0.25, 0.3) is 0 Å². The second-order valence-corrected chi connectivity index (χ2v) is 9.56. The van der Waals surface area contributed by atoms with Crippen molar-refractivity contribution in [2.75, 3.05) is 13.1 Å². The van der Waals surface area contributed by atoms with Crippen LogP contribution in [-0.4, -0.2) is 60.8 Å². The lowest BCUT2D eigenvalue weighted by molar-refractivity contribution is -0.267. The summed E-state index contributed by atoms with van der Waals surface area (Å²) >= 11 is 0. The van der Waals surface area contributed by atoms with Crippen LogP contribution < -0.4 is 10.6 Å². The molecule has 3 N–H and O–H groups in total. The number of hydrogen-bond acceptors (Lipinski definition) is 5. The summed E-state index contributed by atoms with van der Waals surface area (Å²) in [5.74, 6) is 2.74. The van der Waals surface area contributed by atoms with Crippen LogP contribution in [0.15, 0.2) is 0 Å². The Kier molecular flexibility index (Phi) is 3.73. The minimum atomic E-state index is -0.117. The molecule has 0 aromatic carbocycles. The second-order valence-electron chi connectivity index (χ2n) is 9.56. The molecule has 3 aliphatic heterocycles. The van der Waals surface area contributed by atoms with Crippen molar-refractivity contribution < 1.29 is 14.6 Å². The van der Waals surface area contributed by atoms with Gasteiger partial charge in [-0.1, -0.05) is 12.8 Å². The Morgan fingerprint density at radius 3 is 2.40 bits per heavy atom. The molecule has 6 fully saturated rings. The molecule has 3 heterocycles. The average Bonchev–Trinajstić information content (AvgIpc) is 3.24. The normalized spacial score (nSPS) is 60.1. The van der Waals surface area contributed by atoms with Crippen LogP contribution in [-0.2, 0) is 9.47 Å². The summed E-state index contributed by atoms with van der Waals surface area (Å²) < 4.78 is 13.5. The fraction of sp³-hybridized carbons (Fsp3) is 1.00. The maximum atomic E-state index is 10.2. The summed E-state index contributed by atoms with van der Waals surface area (Å²) in [6, 6.07) is 0.903. The fourth-order valence-electron chi connectivity index (χ4n) is 7.41. The molecule has 25 heavy (non-hydrogen) atoms. The zero-order chi connectivity index (χ0) is 16.5. The summed E-state index contributed by atoms with van der Waals surface area (Å²) in [6.45, 7) is 2.23. The standard InChI is InChI=1S/C20H32N2O3/c23-10-5-6-11-14(7-10)22-18-17(11)12-8-21-9-13(12)19-20(18)25-16-4-2-1-3-15(16)24-19/h10-23H,1-9H2. The van der Waals surface area contributed by atoms with Gasteiger partial charge in [-0.2, -0.15) is 0 Å². The van der Waals surface area contributed by atoms with Gasteiger partial charge in [-0.3, -0.25) is 0 Å². The van der Waals surface area contributed by atoms with Crippen LogP contribution in [0.5, 0.6) is 0 Å². The minimum absolute atomic E-state index is 0.117. The van der Waals surface area contributed by atoms with Gasteiger partial charge in [0, 0.05) is 24.5 Å². The van der Waals surface area contributed by atoms with Crippen LogP contribution in [0.3, 0.4) is 0 Å². The van der Waals surface area contributed by atoms with Crippen LogP contribution >= 0.6 is 0 Å². The highest BCUT2D eigenvalue weighted by Gasteiger charge is 2.62. The van der Waals surface area contributed by atoms with E-state index in [1.54, 1.807) is 0 Å². The van der Waals surface area contributed by atoms with E-state index < -0.39 is 0 Å². The topological polar surface area (TPSA) is 62.8 Å². The first-order valence-corrected chi connectivity index (χ1v) is 10.8. The Labute approximate surface area is 150 Å². The van der Waals surface area contributed by atoms with E-state index in [1.807, 2.05) is 0 Å². The molecule has 6 aliphatic rings. The molecule has 6 rings (SSSR count). The van der Waals surface area contributed by atoms with Gasteiger partial charge in [0.2, 0.25) is 0 Å². The number of rotatable bonds is 0. The van der Waals surface area contributed by atoms with Crippen molar-refractivity contribution >= 4 is 0 Å². The average molecular weight is 348 g/mol. The van der Waals surface area contributed by atoms with E-state index in [1.165, 1.54) is 32.1 Å². The Morgan fingerprint density at radius 2 is 1.56 bits per heavy atom. The highest BCUT2D eigenvalue weighted by atomic mass is 16.6. The Hall–Kier alpha value is -0.200. The van der Waals surface area contributed by atoms with Gasteiger partial charge in [-0.25, -0.2) is 0 Å². The summed E-state index contributed by atoms with van der Waals surface area (Å²) in [4.78, 5) is 0. The lowest BCUT2D eigenvalue weighted by Gasteiger charge is -2.54. The summed E-state index contributed by atoms with van der Waals surface area (Å²) in [7, 11) is 0. The van der Waals surface area contributed by atoms with Gasteiger partial charge in [0.15, 0.2) is 0 Å². The largest absolute Gasteiger partial charge is 0.393 e. The first kappa shape index (κ1) is 15.8. The minimum Gasteiger partial charge on any atom is -0.393 e. The molecule has 5 nitrogen and oxygen atoms in total. The number of aliphatic hydroxyl groups excluding tert-OH is 1. The third-order valence-corrected chi connectivity index (χ3v) is 8.40. The van der Waals surface area contributed by atoms with Crippen molar-refractivity contribution in [3.63, 3.8) is 0 Å². The van der Waals surface area contributed by atoms with Gasteiger partial charge in [-0.05, 0) is 56.4 Å². The highest BCUT2D eigenvalue weighted by Crippen LogP contribution is 2.53. The molecule has 0 aromatic heterocycles. The molecule has 11 atom stereocenters. The number of hydrogen-bond donors (Lipinski definition) is 3. The predicted molar refractivity (Wildman–Crippen MR) is 93.2 cm³/mol. The molecular weight excluding hydrogens is 316 g/mol. The quantitative estimate of drug-likeness (QED) is 0.611. The number of fused-ring (bicyclic) bond motifs is 9. The van der Waals surface area contributed by atoms with E-state index in [2.05, 4.69) is 10.6 Å². The van der Waals surface area contributed by atoms with E-state index in [4.69, 9.17) is 9.47 Å². The van der Waals surface area contributed by atoms with Gasteiger partial charge < -0.3 is 25.2 Å². The molecule has 5 heteroatoms. The number of ether oxygens (including phenoxy) is 2. The van der Waals surface area contributed by atoms with E-state index in [9.17, 15) is 5.11 Å². The molecule has 0 amide bonds. The second kappa shape index (κ2) is 5.90. The molecule has 11 unspecified atom stereocenters. The van der Waals surface area contributed by atoms with Crippen molar-refractivity contribution in [3.8, 4) is 0 Å². The van der Waals surface area contributed by atoms with E-state index in [-0.39, 0.29) is 18.3 Å². The first-order valence-electron chi connectivity index (χ1n) is 10.8. The zero-order valence-electron chi connectivity index (χ0n) is 15.0. The maximum absolute atomic E-state index is 10.2. The van der Waals surface area contributed by atoms with Gasteiger partial charge in [0.1, 0.15) is 6.10 Å². The van der Waals surface area contributed by atoms with Crippen molar-refractivity contribution in [2.24, 2.45) is 23.7 Å². The lowest BCUT2D eigenvalue weighted by Crippen LogP contribution is -2.65. The maximum Gasteiger partial charge on any atom is 0.100 e. The summed E-state index contributed by atoms with van der Waals surface area (Å²) in [5.41, 5.74) is 0. The summed E-state index contributed by atoms with van der Waals surface area (Å²) in [5, 5.41) is 17.8. The molecule has 0 spiro atoms. The smallest absolute Gasteiger partial charge is 0.100 e. The Bertz CT molecular complexity index is 531. The van der Waals surface area contributed by atoms with E-state index >= 15 is 0 Å². The molecular formula is C20H32N2O3. The lowest BCUT2D eigenvalue weighted by atomic mass is 9.62. The van der Waals surface area contributed by atoms with Gasteiger partial charge >= 0.3 is 0 Å². The zero-order valence-corrected chi connectivity index (χ0v) is 15.0. The molecule has 140 valence electrons. The monoisotopic (exact) mass is 348 g/mol. The SMILES string of the molecule is OC1CCC2C(C1)NC1C3OC4CCCCC4OC3C3CNCC3C21. The third-order valence-electron chi connectivity index (χ3n) is 8.40. The number of nitrogens with one attached hydrogen (secondary N) is 2. The Balaban J connectivity index is 1.33. The third kappa shape index (κ3) is 2.32. The molecule has 0 aromatic rings. The molecule has 3 aliphatic carbocycles. The predicted octanol–water partition coefficient (Wildman–Crippen LogP) is 1.05. The fourth-order valence-corrected chi connectivity index (χ4v) is 7.41. The molecule has 0 radical (unpaired) electrons. The van der Waals surface area contributed by atoms with Gasteiger partial charge in [-0.15, -0.1) is 0 Å². The highest BCUT2D eigenvalue weighted by molar-refractivity contribution is 5.15. The van der Waals surface area contributed by atoms with E-state index in [0.29, 0.717) is 42.0 Å². The van der Waals surface area contributed by atoms with Crippen molar-refractivity contribution in [3.05, 3.63) is 0 Å². The Morgan fingerprint density at radius 1 is 0.800 bits per heavy atom. The van der Waals surface area contributed by atoms with Crippen molar-refractivity contribution in [2.45, 2.75) is 87.5 Å². The van der Waals surface area contributed by atoms with Crippen LogP contribution in [0.25, 0.3) is 0 Å². The van der Waals surface area contributed by atoms with Gasteiger partial charge in [0.05, 0.1) is 24.4 Å². The number of aliphatic hydroxyl groups is 1. The van der Waals surface area contributed by atoms with Crippen LogP contribution in [0, 0.1) is 23.7 Å². The van der Waals surface area contributed by atoms with Crippen molar-refractivity contribution in [1.82, 2.24) is 10.6 Å². The van der Waals surface area contributed by atoms with Crippen LogP contribution in [0.4, 0.5) is 0 Å².